The second-order valence-corrected chi connectivity index (χ2v) is 45.9. The molecule has 0 heterocycles. The lowest BCUT2D eigenvalue weighted by Gasteiger charge is -2.23. The van der Waals surface area contributed by atoms with Crippen molar-refractivity contribution in [1.29, 1.82) is 0 Å². The summed E-state index contributed by atoms with van der Waals surface area (Å²) in [5, 5.41) is 0.0690. The molecule has 0 N–H and O–H groups in total. The summed E-state index contributed by atoms with van der Waals surface area (Å²) in [7, 11) is 8.08. The Hall–Kier alpha value is -4.36. The molecular weight excluding hydrogens is 1920 g/mol. The highest BCUT2D eigenvalue weighted by Crippen LogP contribution is 2.27. The quantitative estimate of drug-likeness (QED) is 0.0238. The lowest BCUT2D eigenvalue weighted by molar-refractivity contribution is -0.151. The molecule has 149 heavy (non-hydrogen) atoms. The van der Waals surface area contributed by atoms with Crippen LogP contribution in [0.4, 0.5) is 14.4 Å². The molecule has 24 heteroatoms. The first-order chi connectivity index (χ1) is 72.5. The second kappa shape index (κ2) is 118. The van der Waals surface area contributed by atoms with Crippen molar-refractivity contribution in [3.05, 3.63) is 24.3 Å². The van der Waals surface area contributed by atoms with Crippen LogP contribution in [0, 0.1) is 0 Å². The topological polar surface area (TPSA) is 228 Å². The van der Waals surface area contributed by atoms with E-state index in [9.17, 15) is 43.2 Å². The number of thioether (sulfide) groups is 3. The van der Waals surface area contributed by atoms with Crippen LogP contribution < -0.4 is 0 Å². The zero-order chi connectivity index (χ0) is 110. The molecule has 3 amide bonds. The Morgan fingerprint density at radius 1 is 0.208 bits per heavy atom. The number of ether oxygens (including phenoxy) is 6. The minimum Gasteiger partial charge on any atom is -0.462 e. The van der Waals surface area contributed by atoms with Crippen LogP contribution in [0.15, 0.2) is 24.3 Å². The Morgan fingerprint density at radius 3 is 0.631 bits per heavy atom. The molecule has 21 nitrogen and oxygen atoms in total. The van der Waals surface area contributed by atoms with E-state index in [-0.39, 0.29) is 88.8 Å². The van der Waals surface area contributed by atoms with Crippen LogP contribution in [0.25, 0.3) is 0 Å². The molecule has 0 aliphatic rings. The van der Waals surface area contributed by atoms with E-state index in [1.54, 1.807) is 4.90 Å². The molecule has 878 valence electrons. The van der Waals surface area contributed by atoms with Crippen molar-refractivity contribution in [2.45, 2.75) is 595 Å². The number of amides is 3. The fourth-order valence-electron chi connectivity index (χ4n) is 18.2. The maximum absolute atomic E-state index is 13.3. The normalized spacial score (nSPS) is 11.6. The molecule has 0 atom stereocenters. The summed E-state index contributed by atoms with van der Waals surface area (Å²) in [5.74, 6) is 1.18. The first kappa shape index (κ1) is 149. The number of esters is 6. The molecule has 0 saturated heterocycles. The SMILES string of the molecule is CCCCCC/C=C\COC(=O)CCCN(CCCC(=O)OC(CCCCCCCC)CCCCCCCC)C(=O)SCCCN(CC)CC.CCCCCC/C=C\COC(=O)CCCN(CCCC(=O)OC(CCCCCCCC)CCCCCCCC)C(=O)SCCN(C)C.CCCCCCCC(CCCCCCC)OC(=O)CCCN(CCCC(=O)OC(CCCCCCC)CCCCCCC)C(=O)SCCCN(C)C. The van der Waals surface area contributed by atoms with Gasteiger partial charge in [0.05, 0.1) is 0 Å². The van der Waals surface area contributed by atoms with Gasteiger partial charge < -0.3 is 57.8 Å². The minimum absolute atomic E-state index is 0.000799. The summed E-state index contributed by atoms with van der Waals surface area (Å²) in [6.07, 6.45) is 88.5. The molecule has 0 bridgehead atoms. The molecule has 0 fully saturated rings. The van der Waals surface area contributed by atoms with Crippen molar-refractivity contribution >= 4 is 86.8 Å². The van der Waals surface area contributed by atoms with Gasteiger partial charge in [0.2, 0.25) is 0 Å². The number of nitrogens with zero attached hydrogens (tertiary/aromatic N) is 6. The number of carbonyl (C=O) groups excluding carboxylic acids is 9. The second-order valence-electron chi connectivity index (χ2n) is 42.8. The van der Waals surface area contributed by atoms with Gasteiger partial charge in [-0.2, -0.15) is 0 Å². The average molecular weight is 2160 g/mol. The van der Waals surface area contributed by atoms with Crippen molar-refractivity contribution in [1.82, 2.24) is 29.4 Å². The maximum atomic E-state index is 13.3. The third kappa shape index (κ3) is 108. The van der Waals surface area contributed by atoms with Crippen molar-refractivity contribution < 1.29 is 71.6 Å². The van der Waals surface area contributed by atoms with Crippen LogP contribution in [0.2, 0.25) is 0 Å². The summed E-state index contributed by atoms with van der Waals surface area (Å²) in [6, 6.07) is 0. The monoisotopic (exact) mass is 2160 g/mol. The molecule has 0 unspecified atom stereocenters. The molecule has 0 aromatic carbocycles. The van der Waals surface area contributed by atoms with E-state index >= 15 is 0 Å². The van der Waals surface area contributed by atoms with Gasteiger partial charge in [-0.15, -0.1) is 0 Å². The van der Waals surface area contributed by atoms with Crippen LogP contribution >= 0.6 is 35.3 Å². The third-order valence-electron chi connectivity index (χ3n) is 27.8. The Balaban J connectivity index is -0.00000215. The highest BCUT2D eigenvalue weighted by molar-refractivity contribution is 8.14. The third-order valence-corrected chi connectivity index (χ3v) is 30.7. The van der Waals surface area contributed by atoms with E-state index in [1.807, 2.05) is 50.1 Å². The first-order valence-electron chi connectivity index (χ1n) is 62.7. The number of rotatable bonds is 107. The van der Waals surface area contributed by atoms with Gasteiger partial charge >= 0.3 is 35.8 Å². The number of unbranched alkanes of at least 4 members (excludes halogenated alkanes) is 44. The molecule has 0 spiro atoms. The largest absolute Gasteiger partial charge is 0.462 e. The van der Waals surface area contributed by atoms with Gasteiger partial charge in [-0.3, -0.25) is 43.2 Å². The van der Waals surface area contributed by atoms with E-state index in [0.29, 0.717) is 122 Å². The van der Waals surface area contributed by atoms with Crippen LogP contribution in [-0.4, -0.2) is 236 Å². The molecule has 0 aliphatic carbocycles. The summed E-state index contributed by atoms with van der Waals surface area (Å²) in [4.78, 5) is 128. The average Bonchev–Trinajstić information content (AvgIpc) is 0.923. The van der Waals surface area contributed by atoms with E-state index in [2.05, 4.69) is 110 Å². The van der Waals surface area contributed by atoms with Gasteiger partial charge in [-0.1, -0.05) is 412 Å². The van der Waals surface area contributed by atoms with Crippen molar-refractivity contribution in [3.63, 3.8) is 0 Å². The van der Waals surface area contributed by atoms with Crippen molar-refractivity contribution in [2.24, 2.45) is 0 Å². The van der Waals surface area contributed by atoms with Crippen LogP contribution in [0.5, 0.6) is 0 Å². The summed E-state index contributed by atoms with van der Waals surface area (Å²) in [5.41, 5.74) is 0. The summed E-state index contributed by atoms with van der Waals surface area (Å²) < 4.78 is 34.9. The van der Waals surface area contributed by atoms with Gasteiger partial charge in [0.15, 0.2) is 0 Å². The Morgan fingerprint density at radius 2 is 0.409 bits per heavy atom. The summed E-state index contributed by atoms with van der Waals surface area (Å²) in [6.45, 7) is 34.9. The lowest BCUT2D eigenvalue weighted by Crippen LogP contribution is -2.31. The highest BCUT2D eigenvalue weighted by atomic mass is 32.2. The molecule has 0 radical (unpaired) electrons. The van der Waals surface area contributed by atoms with E-state index in [4.69, 9.17) is 28.4 Å². The van der Waals surface area contributed by atoms with Crippen molar-refractivity contribution in [2.75, 3.05) is 131 Å². The Kier molecular flexibility index (Phi) is 117. The number of carbonyl (C=O) groups is 9. The fraction of sp³-hybridized carbons (Fsp3) is 0.896. The van der Waals surface area contributed by atoms with Gasteiger partial charge in [-0.05, 0) is 234 Å². The fourth-order valence-corrected chi connectivity index (χ4v) is 20.8. The maximum Gasteiger partial charge on any atom is 0.306 e. The highest BCUT2D eigenvalue weighted by Gasteiger charge is 2.25. The molecule has 0 saturated carbocycles. The predicted octanol–water partition coefficient (Wildman–Crippen LogP) is 35.6. The van der Waals surface area contributed by atoms with E-state index in [0.717, 1.165) is 173 Å². The van der Waals surface area contributed by atoms with Gasteiger partial charge in [0.1, 0.15) is 37.6 Å². The van der Waals surface area contributed by atoms with Crippen LogP contribution in [-0.2, 0) is 57.2 Å². The van der Waals surface area contributed by atoms with Gasteiger partial charge in [-0.25, -0.2) is 0 Å². The van der Waals surface area contributed by atoms with E-state index in [1.165, 1.54) is 318 Å². The number of hydrogen-bond acceptors (Lipinski definition) is 21. The Labute approximate surface area is 932 Å². The first-order valence-corrected chi connectivity index (χ1v) is 65.6. The molecule has 0 aromatic rings. The van der Waals surface area contributed by atoms with Gasteiger partial charge in [0, 0.05) is 102 Å². The van der Waals surface area contributed by atoms with Crippen LogP contribution in [0.3, 0.4) is 0 Å². The zero-order valence-corrected chi connectivity index (χ0v) is 103. The Bertz CT molecular complexity index is 2930. The standard InChI is InChI=1S/C44H86N2O5S.C42H80N2O5S.C39H74N2O5S/c1-7-11-15-19-23-30-40(31-24-20-16-12-8-2)50-42(47)34-27-37-46(44(49)52-39-29-36-45(5)6)38-28-35-43(48)51-41(32-25-21-17-13-9-3)33-26-22-18-14-10-4;1-6-11-14-17-20-23-26-37-48-40(45)32-27-35-44(42(47)50-38-29-34-43(9-4)10-5)36-28-33-41(46)49-39(30-24-21-18-15-12-7-2)31-25-22-19-16-13-8-3;1-6-9-12-15-18-21-24-34-45-37(42)29-25-31-41(39(44)47-35-33-40(4)5)32-26-30-38(43)46-36(27-22-19-16-13-10-7-2)28-23-20-17-14-11-8-3/h40-41H,7-39H2,1-6H3;23,26,39H,6-22,24-25,27-38H2,1-5H3;21,24,36H,6-20,22-23,25-35H2,1-5H3/b;26-23-;24-21-. The zero-order valence-electron chi connectivity index (χ0n) is 100. The molecule has 0 rings (SSSR count). The molecular formula is C125H240N6O15S3. The van der Waals surface area contributed by atoms with Gasteiger partial charge in [0.25, 0.3) is 15.7 Å². The van der Waals surface area contributed by atoms with E-state index < -0.39 is 0 Å². The smallest absolute Gasteiger partial charge is 0.306 e. The van der Waals surface area contributed by atoms with Crippen LogP contribution in [0.1, 0.15) is 571 Å². The predicted molar refractivity (Wildman–Crippen MR) is 641 cm³/mol. The number of allylic oxidation sites excluding steroid dienone is 2. The minimum atomic E-state index is -0.237. The molecule has 0 aliphatic heterocycles. The summed E-state index contributed by atoms with van der Waals surface area (Å²) >= 11 is 4.01. The number of hydrogen-bond donors (Lipinski definition) is 0. The lowest BCUT2D eigenvalue weighted by atomic mass is 10.0. The van der Waals surface area contributed by atoms with Crippen molar-refractivity contribution in [3.8, 4) is 0 Å². The molecule has 0 aromatic heterocycles.